The predicted octanol–water partition coefficient (Wildman–Crippen LogP) is 3.43. The molecule has 0 bridgehead atoms. The van der Waals surface area contributed by atoms with E-state index in [1.807, 2.05) is 30.3 Å². The highest BCUT2D eigenvalue weighted by Gasteiger charge is 2.28. The zero-order valence-electron chi connectivity index (χ0n) is 16.0. The van der Waals surface area contributed by atoms with Gasteiger partial charge in [-0.1, -0.05) is 63.9 Å². The van der Waals surface area contributed by atoms with E-state index in [1.54, 1.807) is 0 Å². The van der Waals surface area contributed by atoms with Crippen molar-refractivity contribution in [1.29, 1.82) is 0 Å². The summed E-state index contributed by atoms with van der Waals surface area (Å²) in [5.74, 6) is 0.696. The van der Waals surface area contributed by atoms with Gasteiger partial charge < -0.3 is 10.1 Å². The number of carbonyl (C=O) groups is 1. The summed E-state index contributed by atoms with van der Waals surface area (Å²) in [6.07, 6.45) is 3.11. The van der Waals surface area contributed by atoms with E-state index in [9.17, 15) is 4.79 Å². The van der Waals surface area contributed by atoms with E-state index in [2.05, 4.69) is 31.0 Å². The Morgan fingerprint density at radius 2 is 1.72 bits per heavy atom. The van der Waals surface area contributed by atoms with Crippen molar-refractivity contribution in [2.24, 2.45) is 5.92 Å². The molecule has 1 heterocycles. The Labute approximate surface area is 152 Å². The number of amides is 1. The van der Waals surface area contributed by atoms with Gasteiger partial charge in [-0.3, -0.25) is 9.69 Å². The lowest BCUT2D eigenvalue weighted by Crippen LogP contribution is -2.52. The van der Waals surface area contributed by atoms with Crippen LogP contribution in [-0.2, 0) is 9.53 Å². The van der Waals surface area contributed by atoms with Gasteiger partial charge in [0, 0.05) is 25.7 Å². The summed E-state index contributed by atoms with van der Waals surface area (Å²) in [7, 11) is 0. The zero-order chi connectivity index (χ0) is 18.1. The van der Waals surface area contributed by atoms with Crippen LogP contribution in [0.3, 0.4) is 0 Å². The van der Waals surface area contributed by atoms with E-state index < -0.39 is 0 Å². The van der Waals surface area contributed by atoms with Crippen LogP contribution < -0.4 is 5.32 Å². The van der Waals surface area contributed by atoms with Gasteiger partial charge in [0.15, 0.2) is 0 Å². The number of rotatable bonds is 9. The summed E-state index contributed by atoms with van der Waals surface area (Å²) in [5, 5.41) is 3.26. The van der Waals surface area contributed by atoms with Crippen LogP contribution in [0.4, 0.5) is 0 Å². The fourth-order valence-corrected chi connectivity index (χ4v) is 3.92. The van der Waals surface area contributed by atoms with Crippen LogP contribution in [0.5, 0.6) is 0 Å². The van der Waals surface area contributed by atoms with Crippen LogP contribution in [-0.4, -0.2) is 49.7 Å². The minimum absolute atomic E-state index is 0.0618. The molecule has 0 aromatic heterocycles. The highest BCUT2D eigenvalue weighted by Crippen LogP contribution is 2.22. The molecular formula is C21H34N2O2. The molecule has 4 nitrogen and oxygen atoms in total. The third kappa shape index (κ3) is 5.55. The summed E-state index contributed by atoms with van der Waals surface area (Å²) in [4.78, 5) is 15.3. The predicted molar refractivity (Wildman–Crippen MR) is 103 cm³/mol. The van der Waals surface area contributed by atoms with Crippen molar-refractivity contribution < 1.29 is 9.53 Å². The van der Waals surface area contributed by atoms with Crippen molar-refractivity contribution in [3.05, 3.63) is 35.9 Å². The molecule has 0 radical (unpaired) electrons. The minimum Gasteiger partial charge on any atom is -0.379 e. The van der Waals surface area contributed by atoms with Gasteiger partial charge in [-0.15, -0.1) is 0 Å². The lowest BCUT2D eigenvalue weighted by molar-refractivity contribution is -0.123. The van der Waals surface area contributed by atoms with Gasteiger partial charge in [-0.2, -0.15) is 0 Å². The molecule has 4 heteroatoms. The molecule has 2 unspecified atom stereocenters. The summed E-state index contributed by atoms with van der Waals surface area (Å²) in [6, 6.07) is 10.5. The number of carbonyl (C=O) groups excluding carboxylic acids is 1. The summed E-state index contributed by atoms with van der Waals surface area (Å²) in [6.45, 7) is 10.8. The first-order valence-corrected chi connectivity index (χ1v) is 9.85. The molecule has 2 rings (SSSR count). The van der Waals surface area contributed by atoms with Crippen molar-refractivity contribution in [2.45, 2.75) is 52.0 Å². The first kappa shape index (κ1) is 19.9. The van der Waals surface area contributed by atoms with Gasteiger partial charge in [-0.25, -0.2) is 0 Å². The third-order valence-electron chi connectivity index (χ3n) is 5.52. The number of nitrogens with one attached hydrogen (secondary N) is 1. The smallest absolute Gasteiger partial charge is 0.227 e. The molecule has 0 spiro atoms. The van der Waals surface area contributed by atoms with Crippen molar-refractivity contribution in [3.8, 4) is 0 Å². The summed E-state index contributed by atoms with van der Waals surface area (Å²) < 4.78 is 5.51. The van der Waals surface area contributed by atoms with Gasteiger partial charge in [0.1, 0.15) is 0 Å². The van der Waals surface area contributed by atoms with Gasteiger partial charge in [0.05, 0.1) is 19.1 Å². The Kier molecular flexibility index (Phi) is 8.42. The molecule has 2 atom stereocenters. The molecule has 1 aliphatic heterocycles. The SMILES string of the molecule is CCC(C(=O)NCC(C(CC)CC)N1CCOCC1)c1ccccc1. The maximum absolute atomic E-state index is 12.8. The Balaban J connectivity index is 2.01. The van der Waals surface area contributed by atoms with Crippen LogP contribution in [0.25, 0.3) is 0 Å². The van der Waals surface area contributed by atoms with Crippen LogP contribution in [0.15, 0.2) is 30.3 Å². The first-order chi connectivity index (χ1) is 12.2. The van der Waals surface area contributed by atoms with E-state index in [4.69, 9.17) is 4.74 Å². The quantitative estimate of drug-likeness (QED) is 0.745. The van der Waals surface area contributed by atoms with Crippen LogP contribution in [0, 0.1) is 5.92 Å². The monoisotopic (exact) mass is 346 g/mol. The molecule has 0 saturated carbocycles. The van der Waals surface area contributed by atoms with Crippen LogP contribution in [0.2, 0.25) is 0 Å². The zero-order valence-corrected chi connectivity index (χ0v) is 16.0. The Bertz CT molecular complexity index is 496. The van der Waals surface area contributed by atoms with E-state index in [0.717, 1.165) is 57.7 Å². The number of morpholine rings is 1. The maximum Gasteiger partial charge on any atom is 0.227 e. The largest absolute Gasteiger partial charge is 0.379 e. The van der Waals surface area contributed by atoms with Crippen molar-refractivity contribution >= 4 is 5.91 Å². The molecular weight excluding hydrogens is 312 g/mol. The fraction of sp³-hybridized carbons (Fsp3) is 0.667. The average Bonchev–Trinajstić information content (AvgIpc) is 2.67. The van der Waals surface area contributed by atoms with Gasteiger partial charge in [-0.05, 0) is 17.9 Å². The second-order valence-corrected chi connectivity index (χ2v) is 6.91. The minimum atomic E-state index is -0.0618. The second kappa shape index (κ2) is 10.6. The Morgan fingerprint density at radius 3 is 2.28 bits per heavy atom. The molecule has 0 aliphatic carbocycles. The van der Waals surface area contributed by atoms with Gasteiger partial charge in [0.2, 0.25) is 5.91 Å². The molecule has 1 amide bonds. The van der Waals surface area contributed by atoms with Crippen molar-refractivity contribution in [1.82, 2.24) is 10.2 Å². The molecule has 1 aromatic rings. The van der Waals surface area contributed by atoms with E-state index in [1.165, 1.54) is 0 Å². The van der Waals surface area contributed by atoms with Crippen LogP contribution in [0.1, 0.15) is 51.5 Å². The number of nitrogens with zero attached hydrogens (tertiary/aromatic N) is 1. The van der Waals surface area contributed by atoms with Crippen LogP contribution >= 0.6 is 0 Å². The van der Waals surface area contributed by atoms with E-state index >= 15 is 0 Å². The number of ether oxygens (including phenoxy) is 1. The number of hydrogen-bond donors (Lipinski definition) is 1. The Morgan fingerprint density at radius 1 is 1.08 bits per heavy atom. The topological polar surface area (TPSA) is 41.6 Å². The third-order valence-corrected chi connectivity index (χ3v) is 5.52. The molecule has 1 N–H and O–H groups in total. The highest BCUT2D eigenvalue weighted by molar-refractivity contribution is 5.83. The Hall–Kier alpha value is -1.39. The van der Waals surface area contributed by atoms with Crippen molar-refractivity contribution in [3.63, 3.8) is 0 Å². The molecule has 1 fully saturated rings. The molecule has 25 heavy (non-hydrogen) atoms. The van der Waals surface area contributed by atoms with Gasteiger partial charge >= 0.3 is 0 Å². The molecule has 1 saturated heterocycles. The highest BCUT2D eigenvalue weighted by atomic mass is 16.5. The average molecular weight is 347 g/mol. The molecule has 1 aliphatic rings. The fourth-order valence-electron chi connectivity index (χ4n) is 3.92. The lowest BCUT2D eigenvalue weighted by Gasteiger charge is -2.39. The second-order valence-electron chi connectivity index (χ2n) is 6.91. The molecule has 1 aromatic carbocycles. The standard InChI is InChI=1S/C21H34N2O2/c1-4-17(5-2)20(23-12-14-25-15-13-23)16-22-21(24)19(6-3)18-10-8-7-9-11-18/h7-11,17,19-20H,4-6,12-16H2,1-3H3,(H,22,24). The summed E-state index contributed by atoms with van der Waals surface area (Å²) in [5.41, 5.74) is 1.10. The molecule has 140 valence electrons. The number of hydrogen-bond acceptors (Lipinski definition) is 3. The lowest BCUT2D eigenvalue weighted by atomic mass is 9.91. The maximum atomic E-state index is 12.8. The normalized spacial score (nSPS) is 18.1. The van der Waals surface area contributed by atoms with E-state index in [0.29, 0.717) is 12.0 Å². The summed E-state index contributed by atoms with van der Waals surface area (Å²) >= 11 is 0. The first-order valence-electron chi connectivity index (χ1n) is 9.85. The van der Waals surface area contributed by atoms with Crippen molar-refractivity contribution in [2.75, 3.05) is 32.8 Å². The van der Waals surface area contributed by atoms with Gasteiger partial charge in [0.25, 0.3) is 0 Å². The number of benzene rings is 1. The van der Waals surface area contributed by atoms with E-state index in [-0.39, 0.29) is 11.8 Å².